The number of hydrazine groups is 1. The van der Waals surface area contributed by atoms with E-state index in [1.165, 1.54) is 18.2 Å². The van der Waals surface area contributed by atoms with Gasteiger partial charge in [0.05, 0.1) is 22.6 Å². The van der Waals surface area contributed by atoms with Crippen molar-refractivity contribution in [1.82, 2.24) is 9.78 Å². The number of hydrogen-bond acceptors (Lipinski definition) is 4. The van der Waals surface area contributed by atoms with Crippen LogP contribution < -0.4 is 16.6 Å². The van der Waals surface area contributed by atoms with E-state index >= 15 is 0 Å². The lowest BCUT2D eigenvalue weighted by molar-refractivity contribution is 0.102. The number of hydrogen-bond donors (Lipinski definition) is 3. The number of rotatable bonds is 3. The molecule has 0 fully saturated rings. The van der Waals surface area contributed by atoms with E-state index in [-0.39, 0.29) is 11.3 Å². The van der Waals surface area contributed by atoms with Crippen molar-refractivity contribution < 1.29 is 9.18 Å². The Labute approximate surface area is 109 Å². The molecule has 4 N–H and O–H groups in total. The van der Waals surface area contributed by atoms with Gasteiger partial charge in [-0.1, -0.05) is 6.07 Å². The van der Waals surface area contributed by atoms with Gasteiger partial charge in [0.15, 0.2) is 0 Å². The van der Waals surface area contributed by atoms with Gasteiger partial charge in [0.25, 0.3) is 5.91 Å². The van der Waals surface area contributed by atoms with Crippen LogP contribution in [0.3, 0.4) is 0 Å². The van der Waals surface area contributed by atoms with Gasteiger partial charge in [-0.25, -0.2) is 4.39 Å². The molecule has 2 aromatic rings. The summed E-state index contributed by atoms with van der Waals surface area (Å²) < 4.78 is 15.1. The van der Waals surface area contributed by atoms with Crippen LogP contribution in [0.1, 0.15) is 16.1 Å². The Morgan fingerprint density at radius 1 is 1.47 bits per heavy atom. The zero-order valence-electron chi connectivity index (χ0n) is 10.6. The molecule has 0 unspecified atom stereocenters. The minimum absolute atomic E-state index is 0.0402. The van der Waals surface area contributed by atoms with Crippen LogP contribution in [0.25, 0.3) is 0 Å². The Morgan fingerprint density at radius 2 is 2.21 bits per heavy atom. The average Bonchev–Trinajstić information content (AvgIpc) is 2.67. The van der Waals surface area contributed by atoms with Crippen molar-refractivity contribution >= 4 is 17.3 Å². The van der Waals surface area contributed by atoms with E-state index < -0.39 is 11.7 Å². The van der Waals surface area contributed by atoms with Crippen molar-refractivity contribution in [2.75, 3.05) is 10.7 Å². The molecule has 0 bridgehead atoms. The maximum absolute atomic E-state index is 13.5. The van der Waals surface area contributed by atoms with Crippen molar-refractivity contribution in [2.45, 2.75) is 6.92 Å². The highest BCUT2D eigenvalue weighted by Crippen LogP contribution is 2.21. The van der Waals surface area contributed by atoms with Gasteiger partial charge in [-0.2, -0.15) is 5.10 Å². The number of carbonyl (C=O) groups excluding carboxylic acids is 1. The van der Waals surface area contributed by atoms with E-state index in [0.29, 0.717) is 11.4 Å². The fourth-order valence-electron chi connectivity index (χ4n) is 1.77. The van der Waals surface area contributed by atoms with Crippen molar-refractivity contribution in [1.29, 1.82) is 0 Å². The highest BCUT2D eigenvalue weighted by atomic mass is 19.1. The molecule has 6 nitrogen and oxygen atoms in total. The van der Waals surface area contributed by atoms with Crippen LogP contribution in [0, 0.1) is 12.7 Å². The minimum atomic E-state index is -0.585. The molecule has 1 aromatic heterocycles. The maximum Gasteiger partial charge on any atom is 0.258 e. The normalized spacial score (nSPS) is 10.3. The largest absolute Gasteiger partial charge is 0.321 e. The fraction of sp³-hybridized carbons (Fsp3) is 0.167. The molecule has 100 valence electrons. The first-order valence-electron chi connectivity index (χ1n) is 5.59. The molecule has 0 atom stereocenters. The molecule has 0 saturated carbocycles. The Balaban J connectivity index is 2.30. The zero-order chi connectivity index (χ0) is 14.0. The zero-order valence-corrected chi connectivity index (χ0v) is 10.6. The van der Waals surface area contributed by atoms with Crippen LogP contribution in [0.4, 0.5) is 15.8 Å². The molecule has 0 spiro atoms. The molecule has 1 amide bonds. The summed E-state index contributed by atoms with van der Waals surface area (Å²) in [4.78, 5) is 12.1. The minimum Gasteiger partial charge on any atom is -0.321 e. The van der Waals surface area contributed by atoms with E-state index in [1.54, 1.807) is 24.9 Å². The number of aryl methyl sites for hydroxylation is 2. The number of halogens is 1. The Morgan fingerprint density at radius 3 is 2.79 bits per heavy atom. The van der Waals surface area contributed by atoms with Gasteiger partial charge in [-0.3, -0.25) is 15.3 Å². The second-order valence-corrected chi connectivity index (χ2v) is 4.06. The topological polar surface area (TPSA) is 85.0 Å². The number of nitrogens with zero attached hydrogens (tertiary/aromatic N) is 2. The first kappa shape index (κ1) is 13.0. The number of nitrogen functional groups attached to an aromatic ring is 1. The Kier molecular flexibility index (Phi) is 3.48. The highest BCUT2D eigenvalue weighted by Gasteiger charge is 2.16. The quantitative estimate of drug-likeness (QED) is 0.577. The average molecular weight is 263 g/mol. The smallest absolute Gasteiger partial charge is 0.258 e. The Hall–Kier alpha value is -2.41. The van der Waals surface area contributed by atoms with Crippen LogP contribution in [-0.4, -0.2) is 15.7 Å². The number of anilines is 2. The van der Waals surface area contributed by atoms with Gasteiger partial charge in [-0.15, -0.1) is 0 Å². The summed E-state index contributed by atoms with van der Waals surface area (Å²) in [5.74, 6) is 4.19. The monoisotopic (exact) mass is 263 g/mol. The summed E-state index contributed by atoms with van der Waals surface area (Å²) in [6.45, 7) is 1.77. The SMILES string of the molecule is Cc1nn(C)cc1NC(=O)c1cccc(F)c1NN. The summed E-state index contributed by atoms with van der Waals surface area (Å²) in [6, 6.07) is 4.15. The van der Waals surface area contributed by atoms with Gasteiger partial charge in [-0.05, 0) is 19.1 Å². The first-order valence-corrected chi connectivity index (χ1v) is 5.59. The fourth-order valence-corrected chi connectivity index (χ4v) is 1.77. The summed E-state index contributed by atoms with van der Waals surface area (Å²) >= 11 is 0. The van der Waals surface area contributed by atoms with E-state index in [9.17, 15) is 9.18 Å². The molecule has 2 rings (SSSR count). The molecule has 0 aliphatic heterocycles. The summed E-state index contributed by atoms with van der Waals surface area (Å²) in [5, 5.41) is 6.77. The van der Waals surface area contributed by atoms with Crippen LogP contribution >= 0.6 is 0 Å². The second kappa shape index (κ2) is 5.07. The number of nitrogens with two attached hydrogens (primary N) is 1. The van der Waals surface area contributed by atoms with Crippen LogP contribution in [0.15, 0.2) is 24.4 Å². The molecule has 0 aliphatic rings. The van der Waals surface area contributed by atoms with Crippen molar-refractivity contribution in [3.8, 4) is 0 Å². The lowest BCUT2D eigenvalue weighted by Gasteiger charge is -2.09. The van der Waals surface area contributed by atoms with Crippen molar-refractivity contribution in [3.63, 3.8) is 0 Å². The van der Waals surface area contributed by atoms with Gasteiger partial charge in [0, 0.05) is 13.2 Å². The second-order valence-electron chi connectivity index (χ2n) is 4.06. The number of para-hydroxylation sites is 1. The molecule has 0 radical (unpaired) electrons. The van der Waals surface area contributed by atoms with Crippen molar-refractivity contribution in [2.24, 2.45) is 12.9 Å². The summed E-state index contributed by atoms with van der Waals surface area (Å²) in [7, 11) is 1.75. The molecular weight excluding hydrogens is 249 g/mol. The first-order chi connectivity index (χ1) is 9.02. The third-order valence-corrected chi connectivity index (χ3v) is 2.66. The molecular formula is C12H14FN5O. The standard InChI is InChI=1S/C12H14FN5O/c1-7-10(6-18(2)17-7)15-12(19)8-4-3-5-9(13)11(8)16-14/h3-6,16H,14H2,1-2H3,(H,15,19). The predicted molar refractivity (Wildman–Crippen MR) is 70.1 cm³/mol. The van der Waals surface area contributed by atoms with Crippen LogP contribution in [-0.2, 0) is 7.05 Å². The lowest BCUT2D eigenvalue weighted by Crippen LogP contribution is -2.18. The third-order valence-electron chi connectivity index (χ3n) is 2.66. The number of amides is 1. The van der Waals surface area contributed by atoms with E-state index in [4.69, 9.17) is 5.84 Å². The van der Waals surface area contributed by atoms with Gasteiger partial charge < -0.3 is 10.7 Å². The summed E-state index contributed by atoms with van der Waals surface area (Å²) in [6.07, 6.45) is 1.67. The predicted octanol–water partition coefficient (Wildman–Crippen LogP) is 1.41. The van der Waals surface area contributed by atoms with Crippen LogP contribution in [0.2, 0.25) is 0 Å². The van der Waals surface area contributed by atoms with E-state index in [1.807, 2.05) is 0 Å². The van der Waals surface area contributed by atoms with E-state index in [2.05, 4.69) is 15.8 Å². The molecule has 1 heterocycles. The Bertz CT molecular complexity index is 623. The molecule has 7 heteroatoms. The molecule has 19 heavy (non-hydrogen) atoms. The molecule has 0 saturated heterocycles. The number of carbonyl (C=O) groups is 1. The summed E-state index contributed by atoms with van der Waals surface area (Å²) in [5.41, 5.74) is 3.53. The third kappa shape index (κ3) is 2.55. The lowest BCUT2D eigenvalue weighted by atomic mass is 10.1. The van der Waals surface area contributed by atoms with Crippen LogP contribution in [0.5, 0.6) is 0 Å². The highest BCUT2D eigenvalue weighted by molar-refractivity contribution is 6.08. The number of aromatic nitrogens is 2. The van der Waals surface area contributed by atoms with Gasteiger partial charge in [0.1, 0.15) is 5.82 Å². The maximum atomic E-state index is 13.5. The van der Waals surface area contributed by atoms with Gasteiger partial charge >= 0.3 is 0 Å². The number of benzene rings is 1. The van der Waals surface area contributed by atoms with Gasteiger partial charge in [0.2, 0.25) is 0 Å². The van der Waals surface area contributed by atoms with E-state index in [0.717, 1.165) is 0 Å². The van der Waals surface area contributed by atoms with Crippen molar-refractivity contribution in [3.05, 3.63) is 41.5 Å². The number of nitrogens with one attached hydrogen (secondary N) is 2. The molecule has 1 aromatic carbocycles. The molecule has 0 aliphatic carbocycles.